The van der Waals surface area contributed by atoms with Gasteiger partial charge >= 0.3 is 5.97 Å². The number of carbonyl (C=O) groups is 1. The summed E-state index contributed by atoms with van der Waals surface area (Å²) < 4.78 is 5.44. The van der Waals surface area contributed by atoms with Gasteiger partial charge in [0.15, 0.2) is 0 Å². The van der Waals surface area contributed by atoms with Crippen LogP contribution >= 0.6 is 0 Å². The van der Waals surface area contributed by atoms with E-state index in [1.807, 2.05) is 24.3 Å². The molecule has 2 heterocycles. The van der Waals surface area contributed by atoms with Crippen LogP contribution in [0.25, 0.3) is 0 Å². The molecule has 1 fully saturated rings. The number of benzene rings is 1. The van der Waals surface area contributed by atoms with Gasteiger partial charge in [0.25, 0.3) is 0 Å². The third-order valence-corrected chi connectivity index (χ3v) is 3.92. The molecule has 1 aromatic rings. The molecular weight excluding hydrogens is 226 g/mol. The molecule has 1 unspecified atom stereocenters. The van der Waals surface area contributed by atoms with Gasteiger partial charge in [-0.2, -0.15) is 0 Å². The van der Waals surface area contributed by atoms with Gasteiger partial charge in [0, 0.05) is 5.56 Å². The molecule has 1 aromatic carbocycles. The highest BCUT2D eigenvalue weighted by molar-refractivity contribution is 5.93. The normalized spacial score (nSPS) is 23.1. The first-order chi connectivity index (χ1) is 8.84. The predicted octanol–water partition coefficient (Wildman–Crippen LogP) is 2.77. The average Bonchev–Trinajstić information content (AvgIpc) is 3.00. The van der Waals surface area contributed by atoms with Crippen LogP contribution in [0.3, 0.4) is 0 Å². The lowest BCUT2D eigenvalue weighted by molar-refractivity contribution is 0.0360. The van der Waals surface area contributed by atoms with E-state index in [9.17, 15) is 4.79 Å². The Morgan fingerprint density at radius 1 is 1.22 bits per heavy atom. The molecule has 2 aliphatic heterocycles. The third-order valence-electron chi connectivity index (χ3n) is 3.92. The minimum Gasteiger partial charge on any atom is -0.454 e. The first kappa shape index (κ1) is 11.7. The zero-order valence-corrected chi connectivity index (χ0v) is 10.6. The van der Waals surface area contributed by atoms with Crippen LogP contribution in [0.15, 0.2) is 24.3 Å². The van der Waals surface area contributed by atoms with Gasteiger partial charge in [-0.25, -0.2) is 4.79 Å². The van der Waals surface area contributed by atoms with E-state index in [0.717, 1.165) is 30.5 Å². The summed E-state index contributed by atoms with van der Waals surface area (Å²) in [4.78, 5) is 14.2. The largest absolute Gasteiger partial charge is 0.454 e. The van der Waals surface area contributed by atoms with E-state index in [1.165, 1.54) is 25.9 Å². The number of nitrogens with zero attached hydrogens (tertiary/aromatic N) is 1. The van der Waals surface area contributed by atoms with Crippen LogP contribution in [-0.2, 0) is 4.74 Å². The molecule has 0 amide bonds. The minimum absolute atomic E-state index is 0.0173. The van der Waals surface area contributed by atoms with E-state index in [4.69, 9.17) is 4.74 Å². The maximum Gasteiger partial charge on any atom is 0.339 e. The van der Waals surface area contributed by atoms with Crippen LogP contribution in [0, 0.1) is 0 Å². The van der Waals surface area contributed by atoms with Crippen molar-refractivity contribution in [1.29, 1.82) is 0 Å². The van der Waals surface area contributed by atoms with Crippen LogP contribution in [0.4, 0.5) is 0 Å². The minimum atomic E-state index is -0.156. The number of hydrogen-bond donors (Lipinski definition) is 0. The summed E-state index contributed by atoms with van der Waals surface area (Å²) in [6, 6.07) is 7.75. The van der Waals surface area contributed by atoms with Crippen LogP contribution in [0.1, 0.15) is 47.7 Å². The van der Waals surface area contributed by atoms with Gasteiger partial charge in [0.05, 0.1) is 5.56 Å². The van der Waals surface area contributed by atoms with E-state index in [-0.39, 0.29) is 12.1 Å². The molecule has 3 heteroatoms. The lowest BCUT2D eigenvalue weighted by Gasteiger charge is -2.16. The zero-order chi connectivity index (χ0) is 12.4. The molecule has 96 valence electrons. The summed E-state index contributed by atoms with van der Waals surface area (Å²) in [6.45, 7) is 3.61. The molecule has 3 nitrogen and oxygen atoms in total. The quantitative estimate of drug-likeness (QED) is 0.764. The maximum absolute atomic E-state index is 11.7. The number of rotatable bonds is 4. The van der Waals surface area contributed by atoms with Gasteiger partial charge in [0.1, 0.15) is 6.10 Å². The van der Waals surface area contributed by atoms with Crippen molar-refractivity contribution in [2.45, 2.75) is 31.8 Å². The van der Waals surface area contributed by atoms with Crippen LogP contribution < -0.4 is 0 Å². The topological polar surface area (TPSA) is 29.5 Å². The van der Waals surface area contributed by atoms with Crippen molar-refractivity contribution < 1.29 is 9.53 Å². The van der Waals surface area contributed by atoms with E-state index in [2.05, 4.69) is 4.90 Å². The number of carbonyl (C=O) groups excluding carboxylic acids is 1. The lowest BCUT2D eigenvalue weighted by atomic mass is 10.0. The molecule has 0 saturated carbocycles. The van der Waals surface area contributed by atoms with E-state index in [0.29, 0.717) is 0 Å². The molecule has 18 heavy (non-hydrogen) atoms. The molecule has 1 atom stereocenters. The summed E-state index contributed by atoms with van der Waals surface area (Å²) in [7, 11) is 0. The Bertz CT molecular complexity index is 438. The fraction of sp³-hybridized carbons (Fsp3) is 0.533. The molecule has 2 aliphatic rings. The summed E-state index contributed by atoms with van der Waals surface area (Å²) in [5.41, 5.74) is 1.83. The summed E-state index contributed by atoms with van der Waals surface area (Å²) in [5.74, 6) is -0.156. The second-order valence-corrected chi connectivity index (χ2v) is 5.17. The number of esters is 1. The van der Waals surface area contributed by atoms with Gasteiger partial charge in [0.2, 0.25) is 0 Å². The Kier molecular flexibility index (Phi) is 3.33. The standard InChI is InChI=1S/C15H19NO2/c17-15-13-7-2-1-6-12(13)14(18-15)8-5-11-16-9-3-4-10-16/h1-2,6-7,14H,3-5,8-11H2. The highest BCUT2D eigenvalue weighted by Gasteiger charge is 2.29. The monoisotopic (exact) mass is 245 g/mol. The second-order valence-electron chi connectivity index (χ2n) is 5.17. The fourth-order valence-corrected chi connectivity index (χ4v) is 2.94. The lowest BCUT2D eigenvalue weighted by Crippen LogP contribution is -2.20. The van der Waals surface area contributed by atoms with Crippen molar-refractivity contribution in [1.82, 2.24) is 4.90 Å². The Balaban J connectivity index is 1.56. The fourth-order valence-electron chi connectivity index (χ4n) is 2.94. The first-order valence-corrected chi connectivity index (χ1v) is 6.87. The van der Waals surface area contributed by atoms with E-state index >= 15 is 0 Å². The Labute approximate surface area is 108 Å². The van der Waals surface area contributed by atoms with Crippen LogP contribution in [0.5, 0.6) is 0 Å². The Hall–Kier alpha value is -1.35. The summed E-state index contributed by atoms with van der Waals surface area (Å²) in [6.07, 6.45) is 4.70. The number of hydrogen-bond acceptors (Lipinski definition) is 3. The van der Waals surface area contributed by atoms with Gasteiger partial charge in [-0.3, -0.25) is 0 Å². The molecular formula is C15H19NO2. The first-order valence-electron chi connectivity index (χ1n) is 6.87. The average molecular weight is 245 g/mol. The van der Waals surface area contributed by atoms with Crippen molar-refractivity contribution >= 4 is 5.97 Å². The van der Waals surface area contributed by atoms with E-state index < -0.39 is 0 Å². The summed E-state index contributed by atoms with van der Waals surface area (Å²) >= 11 is 0. The number of ether oxygens (including phenoxy) is 1. The van der Waals surface area contributed by atoms with Gasteiger partial charge < -0.3 is 9.64 Å². The molecule has 3 rings (SSSR count). The maximum atomic E-state index is 11.7. The molecule has 0 aliphatic carbocycles. The second kappa shape index (κ2) is 5.11. The van der Waals surface area contributed by atoms with E-state index in [1.54, 1.807) is 0 Å². The molecule has 0 N–H and O–H groups in total. The third kappa shape index (κ3) is 2.27. The Morgan fingerprint density at radius 3 is 2.83 bits per heavy atom. The predicted molar refractivity (Wildman–Crippen MR) is 69.5 cm³/mol. The highest BCUT2D eigenvalue weighted by Crippen LogP contribution is 2.33. The highest BCUT2D eigenvalue weighted by atomic mass is 16.5. The van der Waals surface area contributed by atoms with Crippen molar-refractivity contribution in [3.8, 4) is 0 Å². The van der Waals surface area contributed by atoms with Crippen LogP contribution in [-0.4, -0.2) is 30.5 Å². The molecule has 0 bridgehead atoms. The van der Waals surface area contributed by atoms with Crippen molar-refractivity contribution in [2.24, 2.45) is 0 Å². The summed E-state index contributed by atoms with van der Waals surface area (Å²) in [5, 5.41) is 0. The molecule has 0 radical (unpaired) electrons. The van der Waals surface area contributed by atoms with Crippen molar-refractivity contribution in [3.63, 3.8) is 0 Å². The molecule has 0 aromatic heterocycles. The van der Waals surface area contributed by atoms with Crippen LogP contribution in [0.2, 0.25) is 0 Å². The SMILES string of the molecule is O=C1OC(CCCN2CCCC2)c2ccccc21. The number of likely N-dealkylation sites (tertiary alicyclic amines) is 1. The molecule has 0 spiro atoms. The smallest absolute Gasteiger partial charge is 0.339 e. The molecule has 1 saturated heterocycles. The van der Waals surface area contributed by atoms with Crippen molar-refractivity contribution in [3.05, 3.63) is 35.4 Å². The van der Waals surface area contributed by atoms with Gasteiger partial charge in [-0.15, -0.1) is 0 Å². The van der Waals surface area contributed by atoms with Gasteiger partial charge in [-0.1, -0.05) is 18.2 Å². The Morgan fingerprint density at radius 2 is 2.00 bits per heavy atom. The number of cyclic esters (lactones) is 1. The zero-order valence-electron chi connectivity index (χ0n) is 10.6. The number of fused-ring (bicyclic) bond motifs is 1. The van der Waals surface area contributed by atoms with Gasteiger partial charge in [-0.05, 0) is 51.4 Å². The van der Waals surface area contributed by atoms with Crippen molar-refractivity contribution in [2.75, 3.05) is 19.6 Å².